The fourth-order valence-electron chi connectivity index (χ4n) is 1.26. The van der Waals surface area contributed by atoms with Gasteiger partial charge in [0, 0.05) is 32.1 Å². The maximum atomic E-state index is 9.00. The van der Waals surface area contributed by atoms with Crippen molar-refractivity contribution in [1.82, 2.24) is 4.90 Å². The van der Waals surface area contributed by atoms with E-state index in [0.29, 0.717) is 12.1 Å². The van der Waals surface area contributed by atoms with Crippen LogP contribution >= 0.6 is 0 Å². The van der Waals surface area contributed by atoms with Crippen LogP contribution in [0.1, 0.15) is 34.6 Å². The lowest BCUT2D eigenvalue weighted by Gasteiger charge is -2.29. The van der Waals surface area contributed by atoms with Crippen LogP contribution in [0.3, 0.4) is 0 Å². The van der Waals surface area contributed by atoms with E-state index in [2.05, 4.69) is 32.6 Å². The standard InChI is InChI=1S/C8H20N2.C2H4O2/c1-7(2)10(6-5-9)8(3)4;1-2(3)4/h7-8H,5-6,9H2,1-4H3;1H3,(H,3,4). The lowest BCUT2D eigenvalue weighted by atomic mass is 10.2. The van der Waals surface area contributed by atoms with Gasteiger partial charge >= 0.3 is 0 Å². The molecule has 0 aromatic carbocycles. The molecule has 0 aliphatic carbocycles. The Morgan fingerprint density at radius 1 is 1.29 bits per heavy atom. The number of hydrogen-bond acceptors (Lipinski definition) is 3. The Morgan fingerprint density at radius 3 is 1.64 bits per heavy atom. The molecule has 0 bridgehead atoms. The molecule has 86 valence electrons. The average molecular weight is 204 g/mol. The molecule has 0 aliphatic rings. The highest BCUT2D eigenvalue weighted by Crippen LogP contribution is 2.02. The normalized spacial score (nSPS) is 10.4. The van der Waals surface area contributed by atoms with Crippen LogP contribution in [0, 0.1) is 0 Å². The summed E-state index contributed by atoms with van der Waals surface area (Å²) in [5.74, 6) is -0.833. The lowest BCUT2D eigenvalue weighted by molar-refractivity contribution is -0.134. The van der Waals surface area contributed by atoms with E-state index < -0.39 is 5.97 Å². The van der Waals surface area contributed by atoms with Gasteiger partial charge in [0.15, 0.2) is 0 Å². The minimum absolute atomic E-state index is 0.614. The van der Waals surface area contributed by atoms with Crippen LogP contribution < -0.4 is 5.73 Å². The van der Waals surface area contributed by atoms with Crippen molar-refractivity contribution < 1.29 is 9.90 Å². The highest BCUT2D eigenvalue weighted by molar-refractivity contribution is 5.62. The zero-order chi connectivity index (χ0) is 11.7. The summed E-state index contributed by atoms with van der Waals surface area (Å²) in [5.41, 5.74) is 5.46. The Balaban J connectivity index is 0. The number of nitrogens with two attached hydrogens (primary N) is 1. The molecule has 3 N–H and O–H groups in total. The Hall–Kier alpha value is -0.610. The van der Waals surface area contributed by atoms with E-state index >= 15 is 0 Å². The monoisotopic (exact) mass is 204 g/mol. The smallest absolute Gasteiger partial charge is 0.300 e. The fourth-order valence-corrected chi connectivity index (χ4v) is 1.26. The quantitative estimate of drug-likeness (QED) is 0.721. The Labute approximate surface area is 87.1 Å². The van der Waals surface area contributed by atoms with Crippen LogP contribution in [-0.2, 0) is 4.79 Å². The van der Waals surface area contributed by atoms with Gasteiger partial charge in [-0.3, -0.25) is 9.69 Å². The Morgan fingerprint density at radius 2 is 1.57 bits per heavy atom. The second-order valence-corrected chi connectivity index (χ2v) is 3.73. The summed E-state index contributed by atoms with van der Waals surface area (Å²) in [5, 5.41) is 7.42. The zero-order valence-corrected chi connectivity index (χ0v) is 9.95. The van der Waals surface area contributed by atoms with Gasteiger partial charge in [0.2, 0.25) is 0 Å². The van der Waals surface area contributed by atoms with Crippen molar-refractivity contribution in [3.8, 4) is 0 Å². The maximum absolute atomic E-state index is 9.00. The number of hydrogen-bond donors (Lipinski definition) is 2. The van der Waals surface area contributed by atoms with Crippen molar-refractivity contribution in [2.45, 2.75) is 46.7 Å². The van der Waals surface area contributed by atoms with Crippen LogP contribution in [0.5, 0.6) is 0 Å². The van der Waals surface area contributed by atoms with E-state index in [9.17, 15) is 0 Å². The van der Waals surface area contributed by atoms with Gasteiger partial charge in [-0.25, -0.2) is 0 Å². The van der Waals surface area contributed by atoms with E-state index in [4.69, 9.17) is 15.6 Å². The Kier molecular flexibility index (Phi) is 10.1. The molecule has 0 saturated carbocycles. The van der Waals surface area contributed by atoms with Gasteiger partial charge in [0.05, 0.1) is 0 Å². The van der Waals surface area contributed by atoms with E-state index in [1.165, 1.54) is 0 Å². The summed E-state index contributed by atoms with van der Waals surface area (Å²) in [6, 6.07) is 1.23. The summed E-state index contributed by atoms with van der Waals surface area (Å²) in [6.07, 6.45) is 0. The maximum Gasteiger partial charge on any atom is 0.300 e. The lowest BCUT2D eigenvalue weighted by Crippen LogP contribution is -2.40. The molecule has 14 heavy (non-hydrogen) atoms. The van der Waals surface area contributed by atoms with Gasteiger partial charge < -0.3 is 10.8 Å². The van der Waals surface area contributed by atoms with E-state index in [0.717, 1.165) is 20.0 Å². The first-order valence-corrected chi connectivity index (χ1v) is 4.98. The first-order valence-electron chi connectivity index (χ1n) is 4.98. The number of carboxylic acids is 1. The molecule has 4 heteroatoms. The van der Waals surface area contributed by atoms with E-state index in [1.807, 2.05) is 0 Å². The highest BCUT2D eigenvalue weighted by atomic mass is 16.4. The van der Waals surface area contributed by atoms with Crippen LogP contribution in [0.15, 0.2) is 0 Å². The summed E-state index contributed by atoms with van der Waals surface area (Å²) in [6.45, 7) is 11.7. The topological polar surface area (TPSA) is 66.6 Å². The van der Waals surface area contributed by atoms with Crippen molar-refractivity contribution in [2.24, 2.45) is 5.73 Å². The first-order chi connectivity index (χ1) is 6.32. The SMILES string of the molecule is CC(=O)O.CC(C)N(CCN)C(C)C. The highest BCUT2D eigenvalue weighted by Gasteiger charge is 2.10. The summed E-state index contributed by atoms with van der Waals surface area (Å²) < 4.78 is 0. The third kappa shape index (κ3) is 11.4. The molecule has 4 nitrogen and oxygen atoms in total. The van der Waals surface area contributed by atoms with Crippen LogP contribution in [-0.4, -0.2) is 41.1 Å². The van der Waals surface area contributed by atoms with Crippen molar-refractivity contribution in [1.29, 1.82) is 0 Å². The predicted octanol–water partition coefficient (Wildman–Crippen LogP) is 1.15. The molecule has 0 spiro atoms. The molecule has 0 unspecified atom stereocenters. The molecule has 0 saturated heterocycles. The number of aliphatic carboxylic acids is 1. The minimum atomic E-state index is -0.833. The summed E-state index contributed by atoms with van der Waals surface area (Å²) >= 11 is 0. The van der Waals surface area contributed by atoms with Crippen LogP contribution in [0.4, 0.5) is 0 Å². The largest absolute Gasteiger partial charge is 0.481 e. The molecule has 0 atom stereocenters. The number of nitrogens with zero attached hydrogens (tertiary/aromatic N) is 1. The van der Waals surface area contributed by atoms with Crippen molar-refractivity contribution in [2.75, 3.05) is 13.1 Å². The molecule has 0 rings (SSSR count). The number of rotatable bonds is 4. The summed E-state index contributed by atoms with van der Waals surface area (Å²) in [7, 11) is 0. The predicted molar refractivity (Wildman–Crippen MR) is 59.3 cm³/mol. The van der Waals surface area contributed by atoms with Gasteiger partial charge in [-0.2, -0.15) is 0 Å². The molecular weight excluding hydrogens is 180 g/mol. The average Bonchev–Trinajstić information content (AvgIpc) is 1.97. The Bertz CT molecular complexity index is 135. The molecular formula is C10H24N2O2. The van der Waals surface area contributed by atoms with Gasteiger partial charge in [-0.15, -0.1) is 0 Å². The van der Waals surface area contributed by atoms with E-state index in [-0.39, 0.29) is 0 Å². The fraction of sp³-hybridized carbons (Fsp3) is 0.900. The summed E-state index contributed by atoms with van der Waals surface area (Å²) in [4.78, 5) is 11.4. The third-order valence-electron chi connectivity index (χ3n) is 1.71. The van der Waals surface area contributed by atoms with Gasteiger partial charge in [-0.1, -0.05) is 0 Å². The van der Waals surface area contributed by atoms with Crippen molar-refractivity contribution >= 4 is 5.97 Å². The van der Waals surface area contributed by atoms with Gasteiger partial charge in [-0.05, 0) is 27.7 Å². The van der Waals surface area contributed by atoms with Gasteiger partial charge in [0.25, 0.3) is 5.97 Å². The molecule has 0 heterocycles. The van der Waals surface area contributed by atoms with Gasteiger partial charge in [0.1, 0.15) is 0 Å². The molecule has 0 radical (unpaired) electrons. The van der Waals surface area contributed by atoms with E-state index in [1.54, 1.807) is 0 Å². The zero-order valence-electron chi connectivity index (χ0n) is 9.95. The van der Waals surface area contributed by atoms with Crippen molar-refractivity contribution in [3.63, 3.8) is 0 Å². The van der Waals surface area contributed by atoms with Crippen molar-refractivity contribution in [3.05, 3.63) is 0 Å². The molecule has 0 fully saturated rings. The van der Waals surface area contributed by atoms with Crippen LogP contribution in [0.25, 0.3) is 0 Å². The first kappa shape index (κ1) is 15.8. The molecule has 0 aliphatic heterocycles. The molecule has 0 aromatic heterocycles. The minimum Gasteiger partial charge on any atom is -0.481 e. The molecule has 0 amide bonds. The molecule has 0 aromatic rings. The second kappa shape index (κ2) is 8.97. The second-order valence-electron chi connectivity index (χ2n) is 3.73. The van der Waals surface area contributed by atoms with Crippen LogP contribution in [0.2, 0.25) is 0 Å². The number of carbonyl (C=O) groups is 1. The number of carboxylic acid groups (broad SMARTS) is 1. The third-order valence-corrected chi connectivity index (χ3v) is 1.71.